The Labute approximate surface area is 121 Å². The van der Waals surface area contributed by atoms with Gasteiger partial charge in [0.1, 0.15) is 17.5 Å². The first-order chi connectivity index (χ1) is 9.13. The highest BCUT2D eigenvalue weighted by Crippen LogP contribution is 2.31. The van der Waals surface area contributed by atoms with Crippen LogP contribution in [0.1, 0.15) is 17.4 Å². The lowest BCUT2D eigenvalue weighted by Crippen LogP contribution is -2.07. The number of aliphatic hydroxyl groups is 1. The number of benzene rings is 1. The second-order valence-electron chi connectivity index (χ2n) is 4.01. The first-order valence-electron chi connectivity index (χ1n) is 5.73. The molecule has 1 aromatic heterocycles. The fraction of sp³-hybridized carbons (Fsp3) is 0.214. The average molecular weight is 298 g/mol. The molecule has 0 amide bonds. The molecular formula is C14H13Cl2NO2. The average Bonchev–Trinajstić information content (AvgIpc) is 2.42. The van der Waals surface area contributed by atoms with E-state index in [-0.39, 0.29) is 6.42 Å². The molecule has 2 aromatic rings. The van der Waals surface area contributed by atoms with E-state index in [2.05, 4.69) is 4.98 Å². The maximum atomic E-state index is 10.3. The number of aliphatic hydroxyl groups excluding tert-OH is 1. The Kier molecular flexibility index (Phi) is 4.64. The van der Waals surface area contributed by atoms with Crippen molar-refractivity contribution >= 4 is 23.2 Å². The second kappa shape index (κ2) is 6.24. The van der Waals surface area contributed by atoms with Crippen molar-refractivity contribution in [1.29, 1.82) is 0 Å². The highest BCUT2D eigenvalue weighted by atomic mass is 35.5. The molecule has 1 aromatic carbocycles. The summed E-state index contributed by atoms with van der Waals surface area (Å²) in [6, 6.07) is 8.75. The third-order valence-electron chi connectivity index (χ3n) is 2.79. The smallest absolute Gasteiger partial charge is 0.143 e. The lowest BCUT2D eigenvalue weighted by atomic mass is 10.0. The van der Waals surface area contributed by atoms with Gasteiger partial charge in [0.15, 0.2) is 0 Å². The van der Waals surface area contributed by atoms with Gasteiger partial charge in [0.05, 0.1) is 7.11 Å². The van der Waals surface area contributed by atoms with Crippen LogP contribution in [-0.4, -0.2) is 17.2 Å². The van der Waals surface area contributed by atoms with E-state index in [1.807, 2.05) is 0 Å². The molecular weight excluding hydrogens is 285 g/mol. The van der Waals surface area contributed by atoms with Gasteiger partial charge in [-0.15, -0.1) is 0 Å². The summed E-state index contributed by atoms with van der Waals surface area (Å²) in [4.78, 5) is 4.14. The maximum absolute atomic E-state index is 10.3. The van der Waals surface area contributed by atoms with Crippen LogP contribution < -0.4 is 4.74 Å². The Hall–Kier alpha value is -1.29. The van der Waals surface area contributed by atoms with Gasteiger partial charge >= 0.3 is 0 Å². The summed E-state index contributed by atoms with van der Waals surface area (Å²) < 4.78 is 5.18. The SMILES string of the molecule is COc1cccnc1C(O)Cc1c(Cl)cccc1Cl. The Balaban J connectivity index is 2.28. The molecule has 1 unspecified atom stereocenters. The number of hydrogen-bond donors (Lipinski definition) is 1. The monoisotopic (exact) mass is 297 g/mol. The standard InChI is InChI=1S/C14H13Cl2NO2/c1-19-13-6-3-7-17-14(13)12(18)8-9-10(15)4-2-5-11(9)16/h2-7,12,18H,8H2,1H3. The molecule has 0 aliphatic rings. The van der Waals surface area contributed by atoms with Gasteiger partial charge in [0.25, 0.3) is 0 Å². The molecule has 1 heterocycles. The molecule has 0 saturated carbocycles. The molecule has 3 nitrogen and oxygen atoms in total. The summed E-state index contributed by atoms with van der Waals surface area (Å²) >= 11 is 12.2. The summed E-state index contributed by atoms with van der Waals surface area (Å²) in [6.07, 6.45) is 1.06. The molecule has 0 aliphatic carbocycles. The molecule has 0 fully saturated rings. The van der Waals surface area contributed by atoms with Crippen molar-refractivity contribution < 1.29 is 9.84 Å². The third-order valence-corrected chi connectivity index (χ3v) is 3.50. The van der Waals surface area contributed by atoms with Crippen LogP contribution >= 0.6 is 23.2 Å². The molecule has 19 heavy (non-hydrogen) atoms. The van der Waals surface area contributed by atoms with Gasteiger partial charge in [-0.05, 0) is 29.8 Å². The van der Waals surface area contributed by atoms with E-state index in [1.54, 1.807) is 36.5 Å². The molecule has 0 spiro atoms. The fourth-order valence-corrected chi connectivity index (χ4v) is 2.39. The van der Waals surface area contributed by atoms with Crippen LogP contribution in [0.25, 0.3) is 0 Å². The van der Waals surface area contributed by atoms with Crippen molar-refractivity contribution in [2.75, 3.05) is 7.11 Å². The van der Waals surface area contributed by atoms with Crippen molar-refractivity contribution in [3.8, 4) is 5.75 Å². The highest BCUT2D eigenvalue weighted by Gasteiger charge is 2.18. The minimum Gasteiger partial charge on any atom is -0.495 e. The predicted octanol–water partition coefficient (Wildman–Crippen LogP) is 3.67. The Bertz CT molecular complexity index is 555. The lowest BCUT2D eigenvalue weighted by Gasteiger charge is -2.15. The van der Waals surface area contributed by atoms with Crippen molar-refractivity contribution in [2.24, 2.45) is 0 Å². The zero-order valence-corrected chi connectivity index (χ0v) is 11.8. The third kappa shape index (κ3) is 3.18. The van der Waals surface area contributed by atoms with E-state index in [0.717, 1.165) is 0 Å². The quantitative estimate of drug-likeness (QED) is 0.936. The maximum Gasteiger partial charge on any atom is 0.143 e. The van der Waals surface area contributed by atoms with Gasteiger partial charge in [-0.3, -0.25) is 4.98 Å². The number of ether oxygens (including phenoxy) is 1. The van der Waals surface area contributed by atoms with Crippen LogP contribution in [0, 0.1) is 0 Å². The van der Waals surface area contributed by atoms with Crippen LogP contribution in [-0.2, 0) is 6.42 Å². The van der Waals surface area contributed by atoms with E-state index >= 15 is 0 Å². The first kappa shape index (κ1) is 14.1. The van der Waals surface area contributed by atoms with Crippen LogP contribution in [0.4, 0.5) is 0 Å². The van der Waals surface area contributed by atoms with Crippen LogP contribution in [0.2, 0.25) is 10.0 Å². The molecule has 0 radical (unpaired) electrons. The number of pyridine rings is 1. The number of halogens is 2. The minimum atomic E-state index is -0.825. The van der Waals surface area contributed by atoms with Crippen molar-refractivity contribution in [3.63, 3.8) is 0 Å². The van der Waals surface area contributed by atoms with E-state index < -0.39 is 6.10 Å². The van der Waals surface area contributed by atoms with E-state index in [4.69, 9.17) is 27.9 Å². The second-order valence-corrected chi connectivity index (χ2v) is 4.83. The molecule has 100 valence electrons. The normalized spacial score (nSPS) is 12.2. The lowest BCUT2D eigenvalue weighted by molar-refractivity contribution is 0.169. The number of methoxy groups -OCH3 is 1. The number of hydrogen-bond acceptors (Lipinski definition) is 3. The minimum absolute atomic E-state index is 0.284. The van der Waals surface area contributed by atoms with Gasteiger partial charge < -0.3 is 9.84 Å². The largest absolute Gasteiger partial charge is 0.495 e. The molecule has 0 saturated heterocycles. The molecule has 2 rings (SSSR count). The summed E-state index contributed by atoms with van der Waals surface area (Å²) in [6.45, 7) is 0. The van der Waals surface area contributed by atoms with E-state index in [9.17, 15) is 5.11 Å². The molecule has 1 atom stereocenters. The molecule has 5 heteroatoms. The van der Waals surface area contributed by atoms with Crippen molar-refractivity contribution in [2.45, 2.75) is 12.5 Å². The van der Waals surface area contributed by atoms with Gasteiger partial charge in [-0.2, -0.15) is 0 Å². The van der Waals surface area contributed by atoms with Crippen LogP contribution in [0.3, 0.4) is 0 Å². The van der Waals surface area contributed by atoms with Gasteiger partial charge in [-0.25, -0.2) is 0 Å². The predicted molar refractivity (Wildman–Crippen MR) is 75.9 cm³/mol. The van der Waals surface area contributed by atoms with Crippen LogP contribution in [0.5, 0.6) is 5.75 Å². The zero-order valence-electron chi connectivity index (χ0n) is 10.3. The topological polar surface area (TPSA) is 42.4 Å². The van der Waals surface area contributed by atoms with Crippen molar-refractivity contribution in [3.05, 3.63) is 57.8 Å². The summed E-state index contributed by atoms with van der Waals surface area (Å²) in [5.41, 5.74) is 1.17. The van der Waals surface area contributed by atoms with Crippen molar-refractivity contribution in [1.82, 2.24) is 4.98 Å². The Morgan fingerprint density at radius 3 is 2.53 bits per heavy atom. The first-order valence-corrected chi connectivity index (χ1v) is 6.49. The zero-order chi connectivity index (χ0) is 13.8. The van der Waals surface area contributed by atoms with Gasteiger partial charge in [0.2, 0.25) is 0 Å². The molecule has 0 bridgehead atoms. The number of rotatable bonds is 4. The Morgan fingerprint density at radius 1 is 1.21 bits per heavy atom. The Morgan fingerprint density at radius 2 is 1.89 bits per heavy atom. The number of nitrogens with zero attached hydrogens (tertiary/aromatic N) is 1. The van der Waals surface area contributed by atoms with Gasteiger partial charge in [0, 0.05) is 22.7 Å². The number of aromatic nitrogens is 1. The van der Waals surface area contributed by atoms with E-state index in [0.29, 0.717) is 27.1 Å². The summed E-state index contributed by atoms with van der Waals surface area (Å²) in [7, 11) is 1.54. The van der Waals surface area contributed by atoms with Gasteiger partial charge in [-0.1, -0.05) is 29.3 Å². The summed E-state index contributed by atoms with van der Waals surface area (Å²) in [5, 5.41) is 11.3. The molecule has 0 aliphatic heterocycles. The highest BCUT2D eigenvalue weighted by molar-refractivity contribution is 6.35. The summed E-state index contributed by atoms with van der Waals surface area (Å²) in [5.74, 6) is 0.540. The van der Waals surface area contributed by atoms with Crippen LogP contribution in [0.15, 0.2) is 36.5 Å². The molecule has 1 N–H and O–H groups in total. The fourth-order valence-electron chi connectivity index (χ4n) is 1.84. The van der Waals surface area contributed by atoms with E-state index in [1.165, 1.54) is 7.11 Å².